The Labute approximate surface area is 269 Å². The van der Waals surface area contributed by atoms with Crippen LogP contribution in [-0.2, 0) is 0 Å². The summed E-state index contributed by atoms with van der Waals surface area (Å²) in [6.45, 7) is 0. The second kappa shape index (κ2) is 10.0. The van der Waals surface area contributed by atoms with E-state index in [0.29, 0.717) is 0 Å². The van der Waals surface area contributed by atoms with Crippen molar-refractivity contribution in [3.63, 3.8) is 0 Å². The molecule has 0 aliphatic rings. The van der Waals surface area contributed by atoms with Crippen LogP contribution in [0.25, 0.3) is 94.5 Å². The normalized spacial score (nSPS) is 11.8. The molecule has 47 heavy (non-hydrogen) atoms. The van der Waals surface area contributed by atoms with Crippen molar-refractivity contribution in [1.29, 1.82) is 0 Å². The molecule has 0 radical (unpaired) electrons. The van der Waals surface area contributed by atoms with E-state index >= 15 is 0 Å². The van der Waals surface area contributed by atoms with Gasteiger partial charge in [-0.2, -0.15) is 0 Å². The van der Waals surface area contributed by atoms with Gasteiger partial charge in [0, 0.05) is 27.6 Å². The minimum atomic E-state index is 0.733. The number of aromatic nitrogens is 3. The number of imidazole rings is 1. The number of nitrogens with zero attached hydrogens (tertiary/aromatic N) is 3. The van der Waals surface area contributed by atoms with Crippen molar-refractivity contribution in [2.45, 2.75) is 0 Å². The Balaban J connectivity index is 1.06. The van der Waals surface area contributed by atoms with Gasteiger partial charge in [0.15, 0.2) is 11.2 Å². The van der Waals surface area contributed by atoms with E-state index in [0.717, 1.165) is 94.5 Å². The largest absolute Gasteiger partial charge is 0.454 e. The van der Waals surface area contributed by atoms with E-state index in [1.807, 2.05) is 48.5 Å². The van der Waals surface area contributed by atoms with Gasteiger partial charge in [0.05, 0.1) is 16.4 Å². The molecule has 10 rings (SSSR count). The van der Waals surface area contributed by atoms with Gasteiger partial charge >= 0.3 is 0 Å². The molecule has 0 atom stereocenters. The molecular formula is C42H25N3O2. The average molecular weight is 604 g/mol. The first-order valence-electron chi connectivity index (χ1n) is 15.7. The zero-order chi connectivity index (χ0) is 30.9. The molecular weight excluding hydrogens is 578 g/mol. The van der Waals surface area contributed by atoms with E-state index in [2.05, 4.69) is 108 Å². The third-order valence-electron chi connectivity index (χ3n) is 9.04. The second-order valence-electron chi connectivity index (χ2n) is 11.8. The lowest BCUT2D eigenvalue weighted by atomic mass is 10.0. The molecule has 5 heteroatoms. The zero-order valence-corrected chi connectivity index (χ0v) is 25.1. The number of benzene rings is 6. The Morgan fingerprint density at radius 2 is 1.02 bits per heavy atom. The number of pyridine rings is 1. The number of rotatable bonds is 4. The van der Waals surface area contributed by atoms with Gasteiger partial charge in [0.2, 0.25) is 0 Å². The standard InChI is InChI=1S/C42H25N3O2/c1-2-10-30(11-3-1)45-34-15-7-6-14-33(34)43-42(45)29-24-20-27(21-25-29)26-18-22-28(23-19-26)38-40-37(31-12-4-8-16-35(31)46-40)41-39(44-38)32-13-5-9-17-36(32)47-41/h1-25H. The summed E-state index contributed by atoms with van der Waals surface area (Å²) in [5.41, 5.74) is 12.2. The molecule has 0 N–H and O–H groups in total. The number of furan rings is 2. The van der Waals surface area contributed by atoms with Crippen LogP contribution in [0.5, 0.6) is 0 Å². The molecule has 6 aromatic carbocycles. The van der Waals surface area contributed by atoms with Crippen LogP contribution in [0.3, 0.4) is 0 Å². The summed E-state index contributed by atoms with van der Waals surface area (Å²) in [5.74, 6) is 0.919. The molecule has 0 spiro atoms. The Hall–Kier alpha value is -6.46. The topological polar surface area (TPSA) is 57.0 Å². The first-order chi connectivity index (χ1) is 23.3. The lowest BCUT2D eigenvalue weighted by Gasteiger charge is -2.10. The van der Waals surface area contributed by atoms with E-state index < -0.39 is 0 Å². The highest BCUT2D eigenvalue weighted by Crippen LogP contribution is 2.42. The van der Waals surface area contributed by atoms with Gasteiger partial charge in [-0.25, -0.2) is 9.97 Å². The Morgan fingerprint density at radius 1 is 0.447 bits per heavy atom. The average Bonchev–Trinajstić information content (AvgIpc) is 3.83. The van der Waals surface area contributed by atoms with E-state index in [4.69, 9.17) is 18.8 Å². The fraction of sp³-hybridized carbons (Fsp3) is 0. The minimum absolute atomic E-state index is 0.733. The van der Waals surface area contributed by atoms with Crippen LogP contribution in [0.2, 0.25) is 0 Å². The molecule has 0 unspecified atom stereocenters. The maximum Gasteiger partial charge on any atom is 0.165 e. The maximum absolute atomic E-state index is 6.45. The van der Waals surface area contributed by atoms with Crippen LogP contribution in [0, 0.1) is 0 Å². The van der Waals surface area contributed by atoms with E-state index in [1.54, 1.807) is 0 Å². The highest BCUT2D eigenvalue weighted by atomic mass is 16.3. The molecule has 0 amide bonds. The number of hydrogen-bond donors (Lipinski definition) is 0. The minimum Gasteiger partial charge on any atom is -0.454 e. The van der Waals surface area contributed by atoms with Crippen LogP contribution in [0.4, 0.5) is 0 Å². The van der Waals surface area contributed by atoms with Crippen molar-refractivity contribution >= 4 is 55.0 Å². The van der Waals surface area contributed by atoms with Gasteiger partial charge in [-0.1, -0.05) is 109 Å². The van der Waals surface area contributed by atoms with Crippen LogP contribution < -0.4 is 0 Å². The van der Waals surface area contributed by atoms with E-state index in [9.17, 15) is 0 Å². The Morgan fingerprint density at radius 3 is 1.79 bits per heavy atom. The van der Waals surface area contributed by atoms with E-state index in [1.165, 1.54) is 0 Å². The lowest BCUT2D eigenvalue weighted by molar-refractivity contribution is 0.661. The van der Waals surface area contributed by atoms with Gasteiger partial charge < -0.3 is 8.83 Å². The third-order valence-corrected chi connectivity index (χ3v) is 9.04. The fourth-order valence-electron chi connectivity index (χ4n) is 6.80. The summed E-state index contributed by atoms with van der Waals surface area (Å²) < 4.78 is 15.0. The quantitative estimate of drug-likeness (QED) is 0.201. The Kier molecular flexibility index (Phi) is 5.51. The summed E-state index contributed by atoms with van der Waals surface area (Å²) in [4.78, 5) is 10.2. The summed E-state index contributed by atoms with van der Waals surface area (Å²) >= 11 is 0. The van der Waals surface area contributed by atoms with Crippen molar-refractivity contribution in [2.24, 2.45) is 0 Å². The molecule has 5 nitrogen and oxygen atoms in total. The van der Waals surface area contributed by atoms with Crippen LogP contribution in [-0.4, -0.2) is 14.5 Å². The van der Waals surface area contributed by atoms with Crippen molar-refractivity contribution in [2.75, 3.05) is 0 Å². The predicted octanol–water partition coefficient (Wildman–Crippen LogP) is 11.2. The molecule has 0 aliphatic carbocycles. The first kappa shape index (κ1) is 25.8. The summed E-state index contributed by atoms with van der Waals surface area (Å²) in [6.07, 6.45) is 0. The van der Waals surface area contributed by atoms with Crippen LogP contribution in [0.15, 0.2) is 160 Å². The second-order valence-corrected chi connectivity index (χ2v) is 11.8. The molecule has 0 saturated heterocycles. The summed E-state index contributed by atoms with van der Waals surface area (Å²) in [7, 11) is 0. The molecule has 0 saturated carbocycles. The lowest BCUT2D eigenvalue weighted by Crippen LogP contribution is -1.97. The molecule has 10 aromatic rings. The molecule has 4 heterocycles. The number of para-hydroxylation sites is 5. The monoisotopic (exact) mass is 603 g/mol. The molecule has 4 aromatic heterocycles. The highest BCUT2D eigenvalue weighted by Gasteiger charge is 2.22. The summed E-state index contributed by atoms with van der Waals surface area (Å²) in [6, 6.07) is 52.0. The molecule has 0 bridgehead atoms. The third kappa shape index (κ3) is 3.97. The van der Waals surface area contributed by atoms with Crippen molar-refractivity contribution in [1.82, 2.24) is 14.5 Å². The number of hydrogen-bond acceptors (Lipinski definition) is 4. The highest BCUT2D eigenvalue weighted by molar-refractivity contribution is 6.23. The van der Waals surface area contributed by atoms with Gasteiger partial charge in [0.1, 0.15) is 28.2 Å². The SMILES string of the molecule is c1ccc(-n2c(-c3ccc(-c4ccc(-c5nc6c7ccccc7oc6c6c5oc5ccccc56)cc4)cc3)nc3ccccc32)cc1. The van der Waals surface area contributed by atoms with Crippen molar-refractivity contribution in [3.8, 4) is 39.5 Å². The Bertz CT molecular complexity index is 2770. The van der Waals surface area contributed by atoms with Gasteiger partial charge in [-0.3, -0.25) is 4.57 Å². The first-order valence-corrected chi connectivity index (χ1v) is 15.7. The van der Waals surface area contributed by atoms with Crippen molar-refractivity contribution in [3.05, 3.63) is 152 Å². The molecule has 220 valence electrons. The number of fused-ring (bicyclic) bond motifs is 8. The van der Waals surface area contributed by atoms with Crippen LogP contribution in [0.1, 0.15) is 0 Å². The molecule has 0 fully saturated rings. The van der Waals surface area contributed by atoms with E-state index in [-0.39, 0.29) is 0 Å². The maximum atomic E-state index is 6.45. The van der Waals surface area contributed by atoms with Gasteiger partial charge in [-0.05, 0) is 53.6 Å². The van der Waals surface area contributed by atoms with Crippen LogP contribution >= 0.6 is 0 Å². The van der Waals surface area contributed by atoms with Crippen molar-refractivity contribution < 1.29 is 8.83 Å². The fourth-order valence-corrected chi connectivity index (χ4v) is 6.80. The predicted molar refractivity (Wildman–Crippen MR) is 190 cm³/mol. The zero-order valence-electron chi connectivity index (χ0n) is 25.1. The molecule has 0 aliphatic heterocycles. The summed E-state index contributed by atoms with van der Waals surface area (Å²) in [5, 5.41) is 2.97. The van der Waals surface area contributed by atoms with Gasteiger partial charge in [0.25, 0.3) is 0 Å². The van der Waals surface area contributed by atoms with Gasteiger partial charge in [-0.15, -0.1) is 0 Å². The smallest absolute Gasteiger partial charge is 0.165 e.